The summed E-state index contributed by atoms with van der Waals surface area (Å²) in [5, 5.41) is 6.13. The van der Waals surface area contributed by atoms with Gasteiger partial charge in [-0.15, -0.1) is 0 Å². The molecule has 0 aliphatic heterocycles. The number of hydrogen-bond acceptors (Lipinski definition) is 5. The number of aromatic nitrogens is 3. The van der Waals surface area contributed by atoms with E-state index in [1.165, 1.54) is 14.2 Å². The average molecular weight is 446 g/mol. The van der Waals surface area contributed by atoms with Crippen LogP contribution in [0.4, 0.5) is 0 Å². The van der Waals surface area contributed by atoms with E-state index in [2.05, 4.69) is 6.92 Å². The fraction of sp³-hybridized carbons (Fsp3) is 0.435. The molecule has 0 unspecified atom stereocenters. The third-order valence-corrected chi connectivity index (χ3v) is 6.01. The summed E-state index contributed by atoms with van der Waals surface area (Å²) in [4.78, 5) is 24.5. The molecule has 0 aliphatic rings. The highest BCUT2D eigenvalue weighted by Crippen LogP contribution is 2.41. The van der Waals surface area contributed by atoms with Crippen molar-refractivity contribution in [2.24, 2.45) is 7.05 Å². The Bertz CT molecular complexity index is 1160. The van der Waals surface area contributed by atoms with Crippen LogP contribution in [0.3, 0.4) is 0 Å². The van der Waals surface area contributed by atoms with Crippen molar-refractivity contribution in [1.82, 2.24) is 14.3 Å². The van der Waals surface area contributed by atoms with Gasteiger partial charge in [0, 0.05) is 31.0 Å². The summed E-state index contributed by atoms with van der Waals surface area (Å²) in [7, 11) is 4.52. The number of hydrogen-bond donors (Lipinski definition) is 0. The molecule has 0 saturated heterocycles. The lowest BCUT2D eigenvalue weighted by atomic mass is 10.00. The van der Waals surface area contributed by atoms with Crippen LogP contribution in [-0.2, 0) is 34.3 Å². The molecule has 0 N–H and O–H groups in total. The quantitative estimate of drug-likeness (QED) is 0.496. The second kappa shape index (κ2) is 9.14. The molecular weight excluding hydrogens is 418 g/mol. The van der Waals surface area contributed by atoms with Gasteiger partial charge in [-0.05, 0) is 43.9 Å². The van der Waals surface area contributed by atoms with E-state index in [0.717, 1.165) is 51.9 Å². The molecule has 3 aromatic rings. The van der Waals surface area contributed by atoms with Crippen LogP contribution in [0.5, 0.6) is 0 Å². The smallest absolute Gasteiger partial charge is 0.354 e. The lowest BCUT2D eigenvalue weighted by Crippen LogP contribution is -2.11. The van der Waals surface area contributed by atoms with Crippen LogP contribution >= 0.6 is 11.6 Å². The number of esters is 2. The van der Waals surface area contributed by atoms with Gasteiger partial charge in [0.2, 0.25) is 0 Å². The molecule has 3 rings (SSSR count). The lowest BCUT2D eigenvalue weighted by molar-refractivity contribution is -0.140. The molecule has 0 amide bonds. The number of ether oxygens (including phenoxy) is 2. The molecule has 31 heavy (non-hydrogen) atoms. The summed E-state index contributed by atoms with van der Waals surface area (Å²) in [6.07, 6.45) is 1.43. The van der Waals surface area contributed by atoms with Crippen LogP contribution < -0.4 is 0 Å². The van der Waals surface area contributed by atoms with Crippen molar-refractivity contribution in [3.63, 3.8) is 0 Å². The molecular formula is C23H28ClN3O4. The number of halogens is 1. The first-order valence-electron chi connectivity index (χ1n) is 10.3. The Labute approximate surface area is 186 Å². The minimum Gasteiger partial charge on any atom is -0.469 e. The summed E-state index contributed by atoms with van der Waals surface area (Å²) >= 11 is 6.74. The summed E-state index contributed by atoms with van der Waals surface area (Å²) in [5.41, 5.74) is 5.69. The van der Waals surface area contributed by atoms with Crippen LogP contribution in [0, 0.1) is 13.8 Å². The maximum atomic E-state index is 12.7. The number of aryl methyl sites for hydroxylation is 4. The number of nitrogens with zero attached hydrogens (tertiary/aromatic N) is 3. The van der Waals surface area contributed by atoms with Crippen molar-refractivity contribution in [2.45, 2.75) is 46.6 Å². The second-order valence-electron chi connectivity index (χ2n) is 7.55. The van der Waals surface area contributed by atoms with Crippen LogP contribution in [0.15, 0.2) is 12.1 Å². The van der Waals surface area contributed by atoms with Crippen molar-refractivity contribution in [3.05, 3.63) is 39.7 Å². The van der Waals surface area contributed by atoms with E-state index in [9.17, 15) is 9.59 Å². The van der Waals surface area contributed by atoms with Gasteiger partial charge in [0.25, 0.3) is 0 Å². The molecule has 8 heteroatoms. The van der Waals surface area contributed by atoms with Gasteiger partial charge < -0.3 is 14.0 Å². The number of methoxy groups -OCH3 is 2. The molecule has 166 valence electrons. The molecule has 0 spiro atoms. The Morgan fingerprint density at radius 2 is 1.87 bits per heavy atom. The largest absolute Gasteiger partial charge is 0.469 e. The lowest BCUT2D eigenvalue weighted by Gasteiger charge is -2.13. The van der Waals surface area contributed by atoms with Gasteiger partial charge in [-0.2, -0.15) is 5.10 Å². The third-order valence-electron chi connectivity index (χ3n) is 5.69. The molecule has 0 atom stereocenters. The normalized spacial score (nSPS) is 11.2. The summed E-state index contributed by atoms with van der Waals surface area (Å²) < 4.78 is 13.6. The van der Waals surface area contributed by atoms with Crippen molar-refractivity contribution >= 4 is 34.4 Å². The van der Waals surface area contributed by atoms with E-state index in [0.29, 0.717) is 17.1 Å². The zero-order valence-corrected chi connectivity index (χ0v) is 19.6. The second-order valence-corrected chi connectivity index (χ2v) is 7.96. The Balaban J connectivity index is 2.38. The van der Waals surface area contributed by atoms with Gasteiger partial charge >= 0.3 is 11.9 Å². The van der Waals surface area contributed by atoms with Gasteiger partial charge in [-0.3, -0.25) is 9.48 Å². The average Bonchev–Trinajstić information content (AvgIpc) is 3.19. The molecule has 0 bridgehead atoms. The topological polar surface area (TPSA) is 75.3 Å². The summed E-state index contributed by atoms with van der Waals surface area (Å²) in [6.45, 7) is 6.86. The minimum atomic E-state index is -0.462. The molecule has 2 heterocycles. The van der Waals surface area contributed by atoms with Gasteiger partial charge in [0.05, 0.1) is 36.1 Å². The fourth-order valence-electron chi connectivity index (χ4n) is 4.13. The van der Waals surface area contributed by atoms with E-state index in [4.69, 9.17) is 26.2 Å². The highest BCUT2D eigenvalue weighted by Gasteiger charge is 2.27. The number of rotatable bonds is 7. The van der Waals surface area contributed by atoms with Crippen molar-refractivity contribution in [2.75, 3.05) is 14.2 Å². The predicted octanol–water partition coefficient (Wildman–Crippen LogP) is 4.61. The molecule has 2 aromatic heterocycles. The highest BCUT2D eigenvalue weighted by atomic mass is 35.5. The molecule has 0 fully saturated rings. The Hall–Kier alpha value is -2.80. The van der Waals surface area contributed by atoms with E-state index in [-0.39, 0.29) is 12.4 Å². The van der Waals surface area contributed by atoms with Gasteiger partial charge in [-0.1, -0.05) is 24.6 Å². The molecule has 0 saturated carbocycles. The van der Waals surface area contributed by atoms with Gasteiger partial charge in [0.15, 0.2) is 0 Å². The zero-order chi connectivity index (χ0) is 22.9. The first kappa shape index (κ1) is 22.9. The number of fused-ring (bicyclic) bond motifs is 1. The van der Waals surface area contributed by atoms with Gasteiger partial charge in [-0.25, -0.2) is 4.79 Å². The highest BCUT2D eigenvalue weighted by molar-refractivity contribution is 6.35. The first-order chi connectivity index (χ1) is 14.8. The number of benzene rings is 1. The molecule has 1 aromatic carbocycles. The fourth-order valence-corrected chi connectivity index (χ4v) is 4.37. The zero-order valence-electron chi connectivity index (χ0n) is 18.8. The SMILES string of the molecule is CCCn1nc(C)c(C)c1-c1c(Cl)ccc2c(CCC(=O)OC)c(C(=O)OC)n(C)c12. The van der Waals surface area contributed by atoms with Crippen molar-refractivity contribution < 1.29 is 19.1 Å². The monoisotopic (exact) mass is 445 g/mol. The summed E-state index contributed by atoms with van der Waals surface area (Å²) in [6, 6.07) is 3.73. The number of carbonyl (C=O) groups is 2. The van der Waals surface area contributed by atoms with Crippen molar-refractivity contribution in [1.29, 1.82) is 0 Å². The standard InChI is InChI=1S/C23H28ClN3O4/c1-7-12-27-20(13(2)14(3)25-27)19-17(24)10-8-15-16(9-11-18(28)30-5)22(23(29)31-6)26(4)21(15)19/h8,10H,7,9,11-12H2,1-6H3. The molecule has 7 nitrogen and oxygen atoms in total. The van der Waals surface area contributed by atoms with Gasteiger partial charge in [0.1, 0.15) is 5.69 Å². The van der Waals surface area contributed by atoms with Crippen LogP contribution in [-0.4, -0.2) is 40.5 Å². The van der Waals surface area contributed by atoms with Crippen molar-refractivity contribution in [3.8, 4) is 11.3 Å². The number of carbonyl (C=O) groups excluding carboxylic acids is 2. The Morgan fingerprint density at radius 1 is 1.16 bits per heavy atom. The summed E-state index contributed by atoms with van der Waals surface area (Å²) in [5.74, 6) is -0.801. The van der Waals surface area contributed by atoms with Crippen LogP contribution in [0.25, 0.3) is 22.2 Å². The Kier molecular flexibility index (Phi) is 6.74. The predicted molar refractivity (Wildman–Crippen MR) is 121 cm³/mol. The maximum Gasteiger partial charge on any atom is 0.354 e. The third kappa shape index (κ3) is 3.94. The van der Waals surface area contributed by atoms with E-state index < -0.39 is 5.97 Å². The molecule has 0 radical (unpaired) electrons. The first-order valence-corrected chi connectivity index (χ1v) is 10.6. The Morgan fingerprint density at radius 3 is 2.48 bits per heavy atom. The molecule has 0 aliphatic carbocycles. The van der Waals surface area contributed by atoms with Crippen LogP contribution in [0.1, 0.15) is 47.1 Å². The maximum absolute atomic E-state index is 12.7. The minimum absolute atomic E-state index is 0.156. The van der Waals surface area contributed by atoms with E-state index in [1.807, 2.05) is 42.3 Å². The van der Waals surface area contributed by atoms with E-state index >= 15 is 0 Å². The van der Waals surface area contributed by atoms with Crippen LogP contribution in [0.2, 0.25) is 5.02 Å². The van der Waals surface area contributed by atoms with E-state index in [1.54, 1.807) is 0 Å².